The van der Waals surface area contributed by atoms with Crippen LogP contribution in [0.25, 0.3) is 11.4 Å². The Kier molecular flexibility index (Phi) is 3.77. The molecule has 0 aliphatic rings. The monoisotopic (exact) mass is 319 g/mol. The Hall–Kier alpha value is -2.11. The van der Waals surface area contributed by atoms with Gasteiger partial charge in [0.1, 0.15) is 0 Å². The van der Waals surface area contributed by atoms with Crippen LogP contribution < -0.4 is 5.73 Å². The van der Waals surface area contributed by atoms with Gasteiger partial charge in [0.2, 0.25) is 0 Å². The summed E-state index contributed by atoms with van der Waals surface area (Å²) in [6, 6.07) is 12.8. The molecule has 0 amide bonds. The van der Waals surface area contributed by atoms with Gasteiger partial charge >= 0.3 is 0 Å². The van der Waals surface area contributed by atoms with Crippen LogP contribution in [0.2, 0.25) is 10.0 Å². The first kappa shape index (κ1) is 13.9. The van der Waals surface area contributed by atoms with E-state index in [0.717, 1.165) is 11.1 Å². The van der Waals surface area contributed by atoms with Gasteiger partial charge in [-0.2, -0.15) is 0 Å². The van der Waals surface area contributed by atoms with Crippen molar-refractivity contribution in [2.75, 3.05) is 5.73 Å². The normalized spacial score (nSPS) is 10.8. The zero-order valence-electron chi connectivity index (χ0n) is 10.9. The summed E-state index contributed by atoms with van der Waals surface area (Å²) < 4.78 is 1.65. The van der Waals surface area contributed by atoms with Crippen molar-refractivity contribution in [3.05, 3.63) is 58.1 Å². The van der Waals surface area contributed by atoms with Crippen LogP contribution >= 0.6 is 23.2 Å². The average molecular weight is 320 g/mol. The van der Waals surface area contributed by atoms with Crippen molar-refractivity contribution in [3.63, 3.8) is 0 Å². The summed E-state index contributed by atoms with van der Waals surface area (Å²) >= 11 is 12.1. The first-order valence-electron chi connectivity index (χ1n) is 6.20. The maximum absolute atomic E-state index is 6.17. The van der Waals surface area contributed by atoms with Crippen molar-refractivity contribution in [1.29, 1.82) is 0 Å². The van der Waals surface area contributed by atoms with E-state index in [1.807, 2.05) is 24.3 Å². The van der Waals surface area contributed by atoms with E-state index in [-0.39, 0.29) is 0 Å². The van der Waals surface area contributed by atoms with Crippen molar-refractivity contribution in [2.24, 2.45) is 0 Å². The van der Waals surface area contributed by atoms with Gasteiger partial charge in [-0.25, -0.2) is 4.68 Å². The lowest BCUT2D eigenvalue weighted by Crippen LogP contribution is -2.06. The molecular formula is C14H11Cl2N5. The van der Waals surface area contributed by atoms with Crippen molar-refractivity contribution >= 4 is 28.9 Å². The third-order valence-corrected chi connectivity index (χ3v) is 3.67. The fraction of sp³-hybridized carbons (Fsp3) is 0.0714. The summed E-state index contributed by atoms with van der Waals surface area (Å²) in [5.74, 6) is 0.573. The number of rotatable bonds is 3. The van der Waals surface area contributed by atoms with Crippen LogP contribution in [0, 0.1) is 0 Å². The number of tetrazole rings is 1. The van der Waals surface area contributed by atoms with E-state index in [1.165, 1.54) is 0 Å². The number of nitrogen functional groups attached to an aromatic ring is 1. The van der Waals surface area contributed by atoms with Crippen LogP contribution in [-0.4, -0.2) is 20.2 Å². The number of nitrogens with zero attached hydrogens (tertiary/aromatic N) is 4. The Morgan fingerprint density at radius 3 is 2.67 bits per heavy atom. The minimum atomic E-state index is 0.462. The van der Waals surface area contributed by atoms with Crippen molar-refractivity contribution < 1.29 is 0 Å². The molecule has 0 bridgehead atoms. The first-order valence-corrected chi connectivity index (χ1v) is 6.95. The second-order valence-corrected chi connectivity index (χ2v) is 5.33. The Morgan fingerprint density at radius 2 is 1.90 bits per heavy atom. The van der Waals surface area contributed by atoms with Gasteiger partial charge in [-0.05, 0) is 40.3 Å². The lowest BCUT2D eigenvalue weighted by atomic mass is 10.1. The number of hydrogen-bond donors (Lipinski definition) is 1. The van der Waals surface area contributed by atoms with Gasteiger partial charge in [0.15, 0.2) is 5.82 Å². The lowest BCUT2D eigenvalue weighted by molar-refractivity contribution is 0.653. The topological polar surface area (TPSA) is 69.6 Å². The van der Waals surface area contributed by atoms with E-state index in [0.29, 0.717) is 28.1 Å². The molecule has 2 N–H and O–H groups in total. The van der Waals surface area contributed by atoms with Crippen molar-refractivity contribution in [3.8, 4) is 11.4 Å². The lowest BCUT2D eigenvalue weighted by Gasteiger charge is -2.08. The fourth-order valence-corrected chi connectivity index (χ4v) is 2.41. The highest BCUT2D eigenvalue weighted by molar-refractivity contribution is 6.31. The second kappa shape index (κ2) is 5.71. The van der Waals surface area contributed by atoms with Gasteiger partial charge in [0.25, 0.3) is 0 Å². The second-order valence-electron chi connectivity index (χ2n) is 4.48. The van der Waals surface area contributed by atoms with Gasteiger partial charge in [-0.3, -0.25) is 0 Å². The Morgan fingerprint density at radius 1 is 1.10 bits per heavy atom. The number of aromatic nitrogens is 4. The number of nitrogens with two attached hydrogens (primary N) is 1. The van der Waals surface area contributed by atoms with E-state index in [9.17, 15) is 0 Å². The molecule has 0 saturated heterocycles. The van der Waals surface area contributed by atoms with E-state index < -0.39 is 0 Å². The molecule has 1 heterocycles. The molecule has 0 aliphatic heterocycles. The zero-order chi connectivity index (χ0) is 14.8. The molecule has 0 spiro atoms. The number of benzene rings is 2. The SMILES string of the molecule is Nc1cc(Cl)ccc1-c1nnnn1Cc1ccccc1Cl. The predicted octanol–water partition coefficient (Wildman–Crippen LogP) is 3.28. The molecule has 106 valence electrons. The maximum Gasteiger partial charge on any atom is 0.184 e. The summed E-state index contributed by atoms with van der Waals surface area (Å²) in [4.78, 5) is 0. The van der Waals surface area contributed by atoms with E-state index in [4.69, 9.17) is 28.9 Å². The van der Waals surface area contributed by atoms with Crippen molar-refractivity contribution in [1.82, 2.24) is 20.2 Å². The van der Waals surface area contributed by atoms with E-state index in [2.05, 4.69) is 15.5 Å². The molecule has 3 rings (SSSR count). The molecule has 21 heavy (non-hydrogen) atoms. The fourth-order valence-electron chi connectivity index (χ4n) is 2.03. The Balaban J connectivity index is 2.00. The number of hydrogen-bond acceptors (Lipinski definition) is 4. The molecule has 3 aromatic rings. The highest BCUT2D eigenvalue weighted by Crippen LogP contribution is 2.27. The average Bonchev–Trinajstić information content (AvgIpc) is 2.89. The highest BCUT2D eigenvalue weighted by Gasteiger charge is 2.13. The van der Waals surface area contributed by atoms with Gasteiger partial charge in [0, 0.05) is 21.3 Å². The minimum absolute atomic E-state index is 0.462. The van der Waals surface area contributed by atoms with Crippen LogP contribution in [0.15, 0.2) is 42.5 Å². The third kappa shape index (κ3) is 2.84. The molecule has 0 atom stereocenters. The Labute approximate surface area is 131 Å². The summed E-state index contributed by atoms with van der Waals surface area (Å²) in [6.07, 6.45) is 0. The van der Waals surface area contributed by atoms with Gasteiger partial charge < -0.3 is 5.73 Å². The zero-order valence-corrected chi connectivity index (χ0v) is 12.4. The molecular weight excluding hydrogens is 309 g/mol. The van der Waals surface area contributed by atoms with Gasteiger partial charge in [-0.1, -0.05) is 41.4 Å². The number of halogens is 2. The van der Waals surface area contributed by atoms with Crippen LogP contribution in [0.5, 0.6) is 0 Å². The number of anilines is 1. The first-order chi connectivity index (χ1) is 10.1. The largest absolute Gasteiger partial charge is 0.398 e. The molecule has 2 aromatic carbocycles. The summed E-state index contributed by atoms with van der Waals surface area (Å²) in [5, 5.41) is 13.0. The molecule has 0 fully saturated rings. The van der Waals surface area contributed by atoms with Crippen molar-refractivity contribution in [2.45, 2.75) is 6.54 Å². The third-order valence-electron chi connectivity index (χ3n) is 3.06. The van der Waals surface area contributed by atoms with Gasteiger partial charge in [-0.15, -0.1) is 5.10 Å². The van der Waals surface area contributed by atoms with E-state index >= 15 is 0 Å². The molecule has 0 radical (unpaired) electrons. The van der Waals surface area contributed by atoms with Crippen LogP contribution in [-0.2, 0) is 6.54 Å². The van der Waals surface area contributed by atoms with Crippen LogP contribution in [0.3, 0.4) is 0 Å². The summed E-state index contributed by atoms with van der Waals surface area (Å²) in [6.45, 7) is 0.462. The maximum atomic E-state index is 6.17. The Bertz CT molecular complexity index is 785. The standard InChI is InChI=1S/C14H11Cl2N5/c15-10-5-6-11(13(17)7-10)14-18-19-20-21(14)8-9-3-1-2-4-12(9)16/h1-7H,8,17H2. The molecule has 0 aliphatic carbocycles. The summed E-state index contributed by atoms with van der Waals surface area (Å²) in [5.41, 5.74) is 8.17. The molecule has 7 heteroatoms. The molecule has 0 unspecified atom stereocenters. The van der Waals surface area contributed by atoms with E-state index in [1.54, 1.807) is 22.9 Å². The molecule has 0 saturated carbocycles. The molecule has 5 nitrogen and oxygen atoms in total. The quantitative estimate of drug-likeness (QED) is 0.752. The van der Waals surface area contributed by atoms with Crippen LogP contribution in [0.4, 0.5) is 5.69 Å². The van der Waals surface area contributed by atoms with Crippen LogP contribution in [0.1, 0.15) is 5.56 Å². The molecule has 1 aromatic heterocycles. The highest BCUT2D eigenvalue weighted by atomic mass is 35.5. The smallest absolute Gasteiger partial charge is 0.184 e. The predicted molar refractivity (Wildman–Crippen MR) is 83.2 cm³/mol. The minimum Gasteiger partial charge on any atom is -0.398 e. The van der Waals surface area contributed by atoms with Gasteiger partial charge in [0.05, 0.1) is 6.54 Å². The summed E-state index contributed by atoms with van der Waals surface area (Å²) in [7, 11) is 0.